The number of anilines is 2. The molecule has 0 saturated carbocycles. The van der Waals surface area contributed by atoms with Gasteiger partial charge in [0, 0.05) is 31.3 Å². The zero-order valence-corrected chi connectivity index (χ0v) is 19.3. The molecule has 0 amide bonds. The number of H-pyrrole nitrogens is 1. The average molecular weight is 512 g/mol. The number of carbonyl (C=O) groups is 1. The smallest absolute Gasteiger partial charge is 0.334 e. The first-order chi connectivity index (χ1) is 16.5. The zero-order valence-electron chi connectivity index (χ0n) is 18.6. The Morgan fingerprint density at radius 2 is 1.94 bits per heavy atom. The van der Waals surface area contributed by atoms with Crippen LogP contribution < -0.4 is 5.32 Å². The minimum atomic E-state index is -3.70. The van der Waals surface area contributed by atoms with E-state index in [1.165, 1.54) is 18.2 Å². The number of nitrogens with one attached hydrogen (secondary N) is 2. The number of aryl methyl sites for hydroxylation is 1. The first-order valence-electron chi connectivity index (χ1n) is 10.8. The van der Waals surface area contributed by atoms with Crippen molar-refractivity contribution in [2.45, 2.75) is 32.2 Å². The van der Waals surface area contributed by atoms with Crippen molar-refractivity contribution in [3.63, 3.8) is 0 Å². The van der Waals surface area contributed by atoms with Gasteiger partial charge in [-0.1, -0.05) is 17.7 Å². The number of alkyl halides is 2. The molecule has 0 unspecified atom stereocenters. The van der Waals surface area contributed by atoms with Crippen LogP contribution in [0.15, 0.2) is 36.4 Å². The lowest BCUT2D eigenvalue weighted by Crippen LogP contribution is -2.51. The normalized spacial score (nSPS) is 16.3. The summed E-state index contributed by atoms with van der Waals surface area (Å²) in [7, 11) is 0. The van der Waals surface area contributed by atoms with E-state index in [-0.39, 0.29) is 43.9 Å². The van der Waals surface area contributed by atoms with E-state index in [0.29, 0.717) is 10.7 Å². The summed E-state index contributed by atoms with van der Waals surface area (Å²) in [6.07, 6.45) is -0.719. The maximum Gasteiger partial charge on any atom is 0.334 e. The van der Waals surface area contributed by atoms with Crippen molar-refractivity contribution in [3.05, 3.63) is 70.0 Å². The fourth-order valence-corrected chi connectivity index (χ4v) is 4.37. The van der Waals surface area contributed by atoms with E-state index in [2.05, 4.69) is 20.5 Å². The maximum atomic E-state index is 15.1. The number of hydrogen-bond acceptors (Lipinski definition) is 5. The average Bonchev–Trinajstić information content (AvgIpc) is 3.22. The second kappa shape index (κ2) is 9.46. The van der Waals surface area contributed by atoms with Gasteiger partial charge in [0.25, 0.3) is 0 Å². The molecule has 1 aliphatic rings. The topological polar surface area (TPSA) is 94.1 Å². The Kier molecular flexibility index (Phi) is 6.74. The first kappa shape index (κ1) is 24.9. The molecule has 7 nitrogen and oxygen atoms in total. The summed E-state index contributed by atoms with van der Waals surface area (Å²) in [5.74, 6) is -2.46. The molecule has 3 N–H and O–H groups in total. The quantitative estimate of drug-likeness (QED) is 0.296. The van der Waals surface area contributed by atoms with Gasteiger partial charge < -0.3 is 10.4 Å². The number of aromatic nitrogens is 3. The molecule has 35 heavy (non-hydrogen) atoms. The Morgan fingerprint density at radius 1 is 1.23 bits per heavy atom. The number of benzene rings is 1. The second-order valence-corrected chi connectivity index (χ2v) is 8.99. The van der Waals surface area contributed by atoms with Crippen LogP contribution in [-0.2, 0) is 17.3 Å². The van der Waals surface area contributed by atoms with Gasteiger partial charge in [-0.15, -0.1) is 0 Å². The van der Waals surface area contributed by atoms with E-state index in [1.54, 1.807) is 13.0 Å². The third kappa shape index (κ3) is 4.96. The number of piperidine rings is 1. The third-order valence-electron chi connectivity index (χ3n) is 6.23. The summed E-state index contributed by atoms with van der Waals surface area (Å²) in [6.45, 7) is 1.10. The Labute approximate surface area is 203 Å². The Morgan fingerprint density at radius 3 is 2.57 bits per heavy atom. The lowest BCUT2D eigenvalue weighted by molar-refractivity contribution is -0.182. The van der Waals surface area contributed by atoms with Crippen LogP contribution in [0.25, 0.3) is 0 Å². The largest absolute Gasteiger partial charge is 0.481 e. The van der Waals surface area contributed by atoms with Gasteiger partial charge in [0.2, 0.25) is 0 Å². The summed E-state index contributed by atoms with van der Waals surface area (Å²) in [5, 5.41) is 19.2. The van der Waals surface area contributed by atoms with Crippen LogP contribution in [0.2, 0.25) is 5.02 Å². The molecule has 3 heterocycles. The van der Waals surface area contributed by atoms with E-state index in [4.69, 9.17) is 11.6 Å². The summed E-state index contributed by atoms with van der Waals surface area (Å²) in [4.78, 5) is 17.2. The van der Waals surface area contributed by atoms with Crippen LogP contribution in [0.4, 0.5) is 29.2 Å². The lowest BCUT2D eigenvalue weighted by atomic mass is 9.74. The lowest BCUT2D eigenvalue weighted by Gasteiger charge is -2.41. The van der Waals surface area contributed by atoms with Crippen molar-refractivity contribution < 1.29 is 27.5 Å². The fraction of sp³-hybridized carbons (Fsp3) is 0.348. The van der Waals surface area contributed by atoms with Crippen LogP contribution >= 0.6 is 11.6 Å². The molecule has 0 aliphatic carbocycles. The number of carboxylic acids is 1. The maximum absolute atomic E-state index is 15.1. The van der Waals surface area contributed by atoms with E-state index in [9.17, 15) is 18.7 Å². The Balaban J connectivity index is 1.53. The number of hydrogen-bond donors (Lipinski definition) is 3. The molecule has 0 spiro atoms. The highest BCUT2D eigenvalue weighted by Gasteiger charge is 2.49. The van der Waals surface area contributed by atoms with Gasteiger partial charge in [-0.25, -0.2) is 18.7 Å². The number of halogens is 5. The van der Waals surface area contributed by atoms with Crippen molar-refractivity contribution in [2.24, 2.45) is 5.41 Å². The molecular formula is C23H22ClF4N5O2. The van der Waals surface area contributed by atoms with E-state index in [0.717, 1.165) is 17.8 Å². The number of likely N-dealkylation sites (tertiary alicyclic amines) is 1. The summed E-state index contributed by atoms with van der Waals surface area (Å²) in [5.41, 5.74) is -1.71. The van der Waals surface area contributed by atoms with Crippen LogP contribution in [0.5, 0.6) is 0 Å². The fourth-order valence-electron chi connectivity index (χ4n) is 4.20. The summed E-state index contributed by atoms with van der Waals surface area (Å²) < 4.78 is 59.0. The van der Waals surface area contributed by atoms with Gasteiger partial charge in [-0.2, -0.15) is 13.9 Å². The van der Waals surface area contributed by atoms with Gasteiger partial charge in [0.1, 0.15) is 11.6 Å². The van der Waals surface area contributed by atoms with Crippen LogP contribution in [0, 0.1) is 24.0 Å². The molecule has 0 atom stereocenters. The monoisotopic (exact) mass is 511 g/mol. The highest BCUT2D eigenvalue weighted by Crippen LogP contribution is 2.43. The SMILES string of the molecule is Cc1cc(Nc2ccc(F)c(CC3(C(=O)O)CCN(C(F)(F)c4cccc(Cl)c4F)CC3)n2)n[nH]1. The van der Waals surface area contributed by atoms with Gasteiger partial charge in [0.05, 0.1) is 21.7 Å². The van der Waals surface area contributed by atoms with E-state index < -0.39 is 39.7 Å². The van der Waals surface area contributed by atoms with E-state index in [1.807, 2.05) is 0 Å². The Bertz CT molecular complexity index is 1240. The van der Waals surface area contributed by atoms with Crippen molar-refractivity contribution >= 4 is 29.2 Å². The first-order valence-corrected chi connectivity index (χ1v) is 11.1. The summed E-state index contributed by atoms with van der Waals surface area (Å²) >= 11 is 5.66. The number of rotatable bonds is 7. The molecular weight excluding hydrogens is 490 g/mol. The number of aliphatic carboxylic acids is 1. The number of nitrogens with zero attached hydrogens (tertiary/aromatic N) is 3. The van der Waals surface area contributed by atoms with Crippen LogP contribution in [0.1, 0.15) is 29.8 Å². The molecule has 1 aliphatic heterocycles. The molecule has 3 aromatic rings. The molecule has 12 heteroatoms. The minimum Gasteiger partial charge on any atom is -0.481 e. The van der Waals surface area contributed by atoms with Crippen molar-refractivity contribution in [1.29, 1.82) is 0 Å². The minimum absolute atomic E-state index is 0.106. The Hall–Kier alpha value is -3.18. The standard InChI is InChI=1S/C23H22ClF4N5O2/c1-13-11-19(32-31-13)30-18-6-5-16(25)17(29-18)12-22(21(34)35)7-9-33(10-8-22)23(27,28)14-3-2-4-15(24)20(14)26/h2-6,11H,7-10,12H2,1H3,(H,34,35)(H2,29,30,31,32). The number of carboxylic acid groups (broad SMARTS) is 1. The predicted octanol–water partition coefficient (Wildman–Crippen LogP) is 5.25. The second-order valence-electron chi connectivity index (χ2n) is 8.58. The molecule has 1 saturated heterocycles. The zero-order chi connectivity index (χ0) is 25.4. The van der Waals surface area contributed by atoms with Crippen molar-refractivity contribution in [3.8, 4) is 0 Å². The van der Waals surface area contributed by atoms with E-state index >= 15 is 8.78 Å². The molecule has 4 rings (SSSR count). The predicted molar refractivity (Wildman–Crippen MR) is 121 cm³/mol. The molecule has 1 aromatic carbocycles. The molecule has 186 valence electrons. The number of pyridine rings is 1. The van der Waals surface area contributed by atoms with Crippen LogP contribution in [-0.4, -0.2) is 44.2 Å². The van der Waals surface area contributed by atoms with Crippen molar-refractivity contribution in [1.82, 2.24) is 20.1 Å². The highest BCUT2D eigenvalue weighted by molar-refractivity contribution is 6.30. The molecule has 2 aromatic heterocycles. The van der Waals surface area contributed by atoms with Gasteiger partial charge in [-0.3, -0.25) is 9.89 Å². The highest BCUT2D eigenvalue weighted by atomic mass is 35.5. The van der Waals surface area contributed by atoms with Crippen LogP contribution in [0.3, 0.4) is 0 Å². The van der Waals surface area contributed by atoms with Gasteiger partial charge in [-0.05, 0) is 44.0 Å². The van der Waals surface area contributed by atoms with Gasteiger partial charge >= 0.3 is 12.0 Å². The molecule has 0 radical (unpaired) electrons. The van der Waals surface area contributed by atoms with Crippen molar-refractivity contribution in [2.75, 3.05) is 18.4 Å². The third-order valence-corrected chi connectivity index (χ3v) is 6.53. The molecule has 1 fully saturated rings. The summed E-state index contributed by atoms with van der Waals surface area (Å²) in [6, 6.07) is 3.89. The van der Waals surface area contributed by atoms with Gasteiger partial charge in [0.15, 0.2) is 11.6 Å². The number of aromatic amines is 1. The molecule has 0 bridgehead atoms.